The number of hydrogen-bond acceptors (Lipinski definition) is 4. The smallest absolute Gasteiger partial charge is 0.252 e. The first-order chi connectivity index (χ1) is 9.43. The summed E-state index contributed by atoms with van der Waals surface area (Å²) in [6.07, 6.45) is 0. The summed E-state index contributed by atoms with van der Waals surface area (Å²) < 4.78 is 17.9. The highest BCUT2D eigenvalue weighted by Gasteiger charge is 2.16. The summed E-state index contributed by atoms with van der Waals surface area (Å²) in [7, 11) is 1.52. The number of carbonyl (C=O) groups excluding carboxylic acids is 2. The lowest BCUT2D eigenvalue weighted by molar-refractivity contribution is -0.122. The topological polar surface area (TPSA) is 93.5 Å². The van der Waals surface area contributed by atoms with E-state index in [0.717, 1.165) is 12.1 Å². The van der Waals surface area contributed by atoms with E-state index in [4.69, 9.17) is 10.5 Å². The molecule has 1 atom stereocenters. The van der Waals surface area contributed by atoms with E-state index in [-0.39, 0.29) is 17.2 Å². The summed E-state index contributed by atoms with van der Waals surface area (Å²) in [6.45, 7) is 2.26. The minimum absolute atomic E-state index is 0.0686. The van der Waals surface area contributed by atoms with E-state index in [0.29, 0.717) is 13.2 Å². The molecule has 20 heavy (non-hydrogen) atoms. The number of nitrogens with one attached hydrogen (secondary N) is 2. The van der Waals surface area contributed by atoms with E-state index in [1.54, 1.807) is 0 Å². The quantitative estimate of drug-likeness (QED) is 0.516. The number of hydrogen-bond donors (Lipinski definition) is 3. The summed E-state index contributed by atoms with van der Waals surface area (Å²) in [5, 5.41) is 5.05. The molecule has 0 heterocycles. The number of anilines is 1. The molecule has 110 valence electrons. The van der Waals surface area contributed by atoms with Crippen LogP contribution in [0.4, 0.5) is 10.1 Å². The average molecular weight is 283 g/mol. The molecule has 0 spiro atoms. The van der Waals surface area contributed by atoms with E-state index in [1.807, 2.05) is 0 Å². The molecule has 4 N–H and O–H groups in total. The first-order valence-corrected chi connectivity index (χ1v) is 6.07. The van der Waals surface area contributed by atoms with Crippen LogP contribution in [-0.2, 0) is 9.53 Å². The van der Waals surface area contributed by atoms with Gasteiger partial charge in [0.25, 0.3) is 5.91 Å². The van der Waals surface area contributed by atoms with Gasteiger partial charge in [-0.1, -0.05) is 0 Å². The van der Waals surface area contributed by atoms with Crippen molar-refractivity contribution in [3.05, 3.63) is 29.6 Å². The maximum Gasteiger partial charge on any atom is 0.252 e. The lowest BCUT2D eigenvalue weighted by Gasteiger charge is -2.14. The SMILES string of the molecule is COCCNC(=O)C(C)NC(=O)c1cc(N)cc(F)c1. The zero-order chi connectivity index (χ0) is 15.1. The van der Waals surface area contributed by atoms with Gasteiger partial charge in [0, 0.05) is 24.9 Å². The maximum absolute atomic E-state index is 13.1. The van der Waals surface area contributed by atoms with Crippen LogP contribution in [0.5, 0.6) is 0 Å². The lowest BCUT2D eigenvalue weighted by atomic mass is 10.1. The molecule has 1 unspecified atom stereocenters. The van der Waals surface area contributed by atoms with Crippen LogP contribution in [0.25, 0.3) is 0 Å². The number of benzene rings is 1. The van der Waals surface area contributed by atoms with Gasteiger partial charge in [0.1, 0.15) is 11.9 Å². The van der Waals surface area contributed by atoms with Crippen molar-refractivity contribution >= 4 is 17.5 Å². The summed E-state index contributed by atoms with van der Waals surface area (Å²) in [6, 6.07) is 2.76. The third-order valence-electron chi connectivity index (χ3n) is 2.53. The minimum atomic E-state index is -0.746. The largest absolute Gasteiger partial charge is 0.399 e. The van der Waals surface area contributed by atoms with Crippen molar-refractivity contribution < 1.29 is 18.7 Å². The Labute approximate surface area is 116 Å². The van der Waals surface area contributed by atoms with Crippen molar-refractivity contribution in [1.29, 1.82) is 0 Å². The van der Waals surface area contributed by atoms with Gasteiger partial charge in [-0.25, -0.2) is 4.39 Å². The van der Waals surface area contributed by atoms with Crippen molar-refractivity contribution in [2.24, 2.45) is 0 Å². The summed E-state index contributed by atoms with van der Waals surface area (Å²) in [4.78, 5) is 23.5. The lowest BCUT2D eigenvalue weighted by Crippen LogP contribution is -2.45. The van der Waals surface area contributed by atoms with Crippen LogP contribution in [0.2, 0.25) is 0 Å². The molecule has 0 bridgehead atoms. The molecule has 7 heteroatoms. The Hall–Kier alpha value is -2.15. The van der Waals surface area contributed by atoms with Crippen molar-refractivity contribution in [2.75, 3.05) is 26.0 Å². The Morgan fingerprint density at radius 2 is 2.10 bits per heavy atom. The highest BCUT2D eigenvalue weighted by Crippen LogP contribution is 2.10. The van der Waals surface area contributed by atoms with Crippen LogP contribution in [0, 0.1) is 5.82 Å². The van der Waals surface area contributed by atoms with Crippen molar-refractivity contribution in [1.82, 2.24) is 10.6 Å². The Kier molecular flexibility index (Phi) is 5.92. The Balaban J connectivity index is 2.58. The van der Waals surface area contributed by atoms with Gasteiger partial charge in [-0.15, -0.1) is 0 Å². The van der Waals surface area contributed by atoms with E-state index >= 15 is 0 Å². The maximum atomic E-state index is 13.1. The second-order valence-corrected chi connectivity index (χ2v) is 4.25. The number of carbonyl (C=O) groups is 2. The molecule has 0 aliphatic heterocycles. The second-order valence-electron chi connectivity index (χ2n) is 4.25. The van der Waals surface area contributed by atoms with Crippen LogP contribution in [0.3, 0.4) is 0 Å². The number of amides is 2. The number of ether oxygens (including phenoxy) is 1. The van der Waals surface area contributed by atoms with Crippen molar-refractivity contribution in [3.8, 4) is 0 Å². The van der Waals surface area contributed by atoms with E-state index in [9.17, 15) is 14.0 Å². The molecule has 0 aliphatic carbocycles. The summed E-state index contributed by atoms with van der Waals surface area (Å²) in [5.41, 5.74) is 5.67. The molecular formula is C13H18FN3O3. The van der Waals surface area contributed by atoms with Crippen LogP contribution >= 0.6 is 0 Å². The molecule has 1 rings (SSSR count). The van der Waals surface area contributed by atoms with Gasteiger partial charge in [-0.3, -0.25) is 9.59 Å². The number of nitrogens with two attached hydrogens (primary N) is 1. The highest BCUT2D eigenvalue weighted by molar-refractivity contribution is 5.98. The summed E-state index contributed by atoms with van der Waals surface area (Å²) in [5.74, 6) is -1.52. The molecular weight excluding hydrogens is 265 g/mol. The zero-order valence-electron chi connectivity index (χ0n) is 11.4. The second kappa shape index (κ2) is 7.44. The first-order valence-electron chi connectivity index (χ1n) is 6.07. The fourth-order valence-electron chi connectivity index (χ4n) is 1.52. The van der Waals surface area contributed by atoms with Crippen molar-refractivity contribution in [2.45, 2.75) is 13.0 Å². The number of halogens is 1. The van der Waals surface area contributed by atoms with Crippen LogP contribution in [0.1, 0.15) is 17.3 Å². The molecule has 1 aromatic rings. The number of rotatable bonds is 6. The van der Waals surface area contributed by atoms with Gasteiger partial charge in [-0.2, -0.15) is 0 Å². The molecule has 2 amide bonds. The van der Waals surface area contributed by atoms with E-state index < -0.39 is 17.8 Å². The third kappa shape index (κ3) is 4.85. The molecule has 0 saturated heterocycles. The van der Waals surface area contributed by atoms with Gasteiger partial charge in [0.15, 0.2) is 0 Å². The standard InChI is InChI=1S/C13H18FN3O3/c1-8(12(18)16-3-4-20-2)17-13(19)9-5-10(14)7-11(15)6-9/h5-8H,3-4,15H2,1-2H3,(H,16,18)(H,17,19). The molecule has 1 aromatic carbocycles. The molecule has 0 aromatic heterocycles. The Morgan fingerprint density at radius 3 is 2.70 bits per heavy atom. The van der Waals surface area contributed by atoms with E-state index in [2.05, 4.69) is 10.6 Å². The van der Waals surface area contributed by atoms with Gasteiger partial charge in [0.05, 0.1) is 6.61 Å². The van der Waals surface area contributed by atoms with Crippen LogP contribution in [-0.4, -0.2) is 38.1 Å². The van der Waals surface area contributed by atoms with Gasteiger partial charge < -0.3 is 21.1 Å². The van der Waals surface area contributed by atoms with Gasteiger partial charge in [-0.05, 0) is 25.1 Å². The van der Waals surface area contributed by atoms with Gasteiger partial charge in [0.2, 0.25) is 5.91 Å². The molecule has 0 fully saturated rings. The molecule has 0 aliphatic rings. The number of methoxy groups -OCH3 is 1. The highest BCUT2D eigenvalue weighted by atomic mass is 19.1. The normalized spacial score (nSPS) is 11.8. The molecule has 6 nitrogen and oxygen atoms in total. The Morgan fingerprint density at radius 1 is 1.40 bits per heavy atom. The predicted molar refractivity (Wildman–Crippen MR) is 72.6 cm³/mol. The number of nitrogen functional groups attached to an aromatic ring is 1. The molecule has 0 saturated carbocycles. The van der Waals surface area contributed by atoms with Crippen molar-refractivity contribution in [3.63, 3.8) is 0 Å². The average Bonchev–Trinajstić information content (AvgIpc) is 2.37. The fraction of sp³-hybridized carbons (Fsp3) is 0.385. The minimum Gasteiger partial charge on any atom is -0.399 e. The third-order valence-corrected chi connectivity index (χ3v) is 2.53. The molecule has 0 radical (unpaired) electrons. The first kappa shape index (κ1) is 15.9. The summed E-state index contributed by atoms with van der Waals surface area (Å²) >= 11 is 0. The predicted octanol–water partition coefficient (Wildman–Crippen LogP) is 0.289. The van der Waals surface area contributed by atoms with Crippen LogP contribution < -0.4 is 16.4 Å². The van der Waals surface area contributed by atoms with Gasteiger partial charge >= 0.3 is 0 Å². The monoisotopic (exact) mass is 283 g/mol. The van der Waals surface area contributed by atoms with Crippen LogP contribution in [0.15, 0.2) is 18.2 Å². The zero-order valence-corrected chi connectivity index (χ0v) is 11.4. The Bertz CT molecular complexity index is 473. The fourth-order valence-corrected chi connectivity index (χ4v) is 1.52. The van der Waals surface area contributed by atoms with E-state index in [1.165, 1.54) is 20.1 Å².